The van der Waals surface area contributed by atoms with Crippen LogP contribution >= 0.6 is 0 Å². The number of carboxylic acid groups (broad SMARTS) is 1. The Balaban J connectivity index is 1.86. The lowest BCUT2D eigenvalue weighted by molar-refractivity contribution is -0.147. The number of nitrogens with zero attached hydrogens (tertiary/aromatic N) is 3. The van der Waals surface area contributed by atoms with Crippen LogP contribution < -0.4 is 0 Å². The van der Waals surface area contributed by atoms with Crippen molar-refractivity contribution in [1.82, 2.24) is 14.5 Å². The summed E-state index contributed by atoms with van der Waals surface area (Å²) < 4.78 is 1.89. The number of hydrogen-bond acceptors (Lipinski definition) is 3. The van der Waals surface area contributed by atoms with Gasteiger partial charge in [-0.1, -0.05) is 0 Å². The van der Waals surface area contributed by atoms with Crippen molar-refractivity contribution in [3.05, 3.63) is 30.1 Å². The third-order valence-corrected chi connectivity index (χ3v) is 4.25. The van der Waals surface area contributed by atoms with Gasteiger partial charge in [0, 0.05) is 25.7 Å². The SMILES string of the molecule is Cn1cnc2cc(C(=O)N3CCC(C)(C(=O)O)C3)ccc21. The van der Waals surface area contributed by atoms with Crippen molar-refractivity contribution in [2.75, 3.05) is 13.1 Å². The molecule has 1 amide bonds. The maximum absolute atomic E-state index is 12.5. The maximum Gasteiger partial charge on any atom is 0.311 e. The van der Waals surface area contributed by atoms with Crippen LogP contribution in [0.25, 0.3) is 11.0 Å². The average Bonchev–Trinajstić information content (AvgIpc) is 3.03. The van der Waals surface area contributed by atoms with Crippen molar-refractivity contribution in [1.29, 1.82) is 0 Å². The van der Waals surface area contributed by atoms with Crippen molar-refractivity contribution in [2.45, 2.75) is 13.3 Å². The van der Waals surface area contributed by atoms with Crippen LogP contribution in [0.1, 0.15) is 23.7 Å². The number of aryl methyl sites for hydroxylation is 1. The first kappa shape index (κ1) is 13.6. The van der Waals surface area contributed by atoms with Crippen LogP contribution in [0.4, 0.5) is 0 Å². The minimum Gasteiger partial charge on any atom is -0.481 e. The Morgan fingerprint density at radius 1 is 1.38 bits per heavy atom. The quantitative estimate of drug-likeness (QED) is 0.908. The van der Waals surface area contributed by atoms with E-state index in [9.17, 15) is 14.7 Å². The lowest BCUT2D eigenvalue weighted by Crippen LogP contribution is -2.34. The zero-order chi connectivity index (χ0) is 15.2. The van der Waals surface area contributed by atoms with E-state index in [1.54, 1.807) is 30.3 Å². The van der Waals surface area contributed by atoms with Crippen LogP contribution in [0.15, 0.2) is 24.5 Å². The monoisotopic (exact) mass is 287 g/mol. The summed E-state index contributed by atoms with van der Waals surface area (Å²) in [5, 5.41) is 9.24. The molecule has 2 heterocycles. The smallest absolute Gasteiger partial charge is 0.311 e. The first-order valence-electron chi connectivity index (χ1n) is 6.84. The number of carbonyl (C=O) groups is 2. The molecule has 1 aliphatic rings. The van der Waals surface area contributed by atoms with Crippen LogP contribution in [0.5, 0.6) is 0 Å². The highest BCUT2D eigenvalue weighted by atomic mass is 16.4. The van der Waals surface area contributed by atoms with Gasteiger partial charge in [-0.05, 0) is 31.5 Å². The van der Waals surface area contributed by atoms with Crippen LogP contribution in [-0.4, -0.2) is 44.5 Å². The molecule has 1 aromatic carbocycles. The first-order valence-corrected chi connectivity index (χ1v) is 6.84. The third kappa shape index (κ3) is 2.16. The summed E-state index contributed by atoms with van der Waals surface area (Å²) in [6.45, 7) is 2.41. The molecule has 0 spiro atoms. The van der Waals surface area contributed by atoms with Crippen LogP contribution in [0.2, 0.25) is 0 Å². The molecule has 6 heteroatoms. The average molecular weight is 287 g/mol. The Kier molecular flexibility index (Phi) is 2.97. The molecule has 0 aliphatic carbocycles. The molecule has 1 aliphatic heterocycles. The van der Waals surface area contributed by atoms with Gasteiger partial charge in [0.15, 0.2) is 0 Å². The summed E-state index contributed by atoms with van der Waals surface area (Å²) in [6.07, 6.45) is 2.19. The predicted molar refractivity (Wildman–Crippen MR) is 77.0 cm³/mol. The van der Waals surface area contributed by atoms with E-state index in [2.05, 4.69) is 4.98 Å². The van der Waals surface area contributed by atoms with Crippen molar-refractivity contribution in [3.8, 4) is 0 Å². The molecule has 6 nitrogen and oxygen atoms in total. The molecule has 0 radical (unpaired) electrons. The minimum absolute atomic E-state index is 0.132. The third-order valence-electron chi connectivity index (χ3n) is 4.25. The summed E-state index contributed by atoms with van der Waals surface area (Å²) in [5.74, 6) is -0.981. The van der Waals surface area contributed by atoms with Crippen LogP contribution in [0, 0.1) is 5.41 Å². The van der Waals surface area contributed by atoms with E-state index in [-0.39, 0.29) is 12.5 Å². The van der Waals surface area contributed by atoms with E-state index in [1.165, 1.54) is 0 Å². The number of aliphatic carboxylic acids is 1. The number of amides is 1. The standard InChI is InChI=1S/C15H17N3O3/c1-15(14(20)21)5-6-18(8-15)13(19)10-3-4-12-11(7-10)16-9-17(12)2/h3-4,7,9H,5-6,8H2,1-2H3,(H,20,21). The molecule has 1 atom stereocenters. The number of likely N-dealkylation sites (tertiary alicyclic amines) is 1. The molecule has 1 unspecified atom stereocenters. The number of rotatable bonds is 2. The molecular formula is C15H17N3O3. The van der Waals surface area contributed by atoms with Gasteiger partial charge in [-0.25, -0.2) is 4.98 Å². The number of aromatic nitrogens is 2. The molecule has 0 bridgehead atoms. The Labute approximate surface area is 122 Å². The largest absolute Gasteiger partial charge is 0.481 e. The molecule has 1 saturated heterocycles. The number of hydrogen-bond donors (Lipinski definition) is 1. The summed E-state index contributed by atoms with van der Waals surface area (Å²) in [7, 11) is 1.90. The van der Waals surface area contributed by atoms with E-state index >= 15 is 0 Å². The molecule has 3 rings (SSSR count). The van der Waals surface area contributed by atoms with E-state index in [1.807, 2.05) is 17.7 Å². The molecule has 0 saturated carbocycles. The summed E-state index contributed by atoms with van der Waals surface area (Å²) in [6, 6.07) is 5.39. The fourth-order valence-corrected chi connectivity index (χ4v) is 2.76. The minimum atomic E-state index is -0.849. The number of carboxylic acids is 1. The second-order valence-electron chi connectivity index (χ2n) is 5.90. The zero-order valence-electron chi connectivity index (χ0n) is 12.0. The van der Waals surface area contributed by atoms with E-state index in [0.29, 0.717) is 18.5 Å². The topological polar surface area (TPSA) is 75.4 Å². The van der Waals surface area contributed by atoms with Gasteiger partial charge in [0.25, 0.3) is 5.91 Å². The van der Waals surface area contributed by atoms with Crippen molar-refractivity contribution < 1.29 is 14.7 Å². The summed E-state index contributed by atoms with van der Waals surface area (Å²) in [5.41, 5.74) is 1.44. The number of imidazole rings is 1. The Hall–Kier alpha value is -2.37. The molecule has 1 N–H and O–H groups in total. The highest BCUT2D eigenvalue weighted by Crippen LogP contribution is 2.31. The van der Waals surface area contributed by atoms with Gasteiger partial charge in [-0.3, -0.25) is 9.59 Å². The molecule has 1 fully saturated rings. The van der Waals surface area contributed by atoms with Crippen molar-refractivity contribution in [3.63, 3.8) is 0 Å². The van der Waals surface area contributed by atoms with Crippen molar-refractivity contribution >= 4 is 22.9 Å². The molecule has 110 valence electrons. The van der Waals surface area contributed by atoms with Gasteiger partial charge in [0.05, 0.1) is 22.8 Å². The van der Waals surface area contributed by atoms with Crippen molar-refractivity contribution in [2.24, 2.45) is 12.5 Å². The fourth-order valence-electron chi connectivity index (χ4n) is 2.76. The normalized spacial score (nSPS) is 21.9. The maximum atomic E-state index is 12.5. The van der Waals surface area contributed by atoms with E-state index in [4.69, 9.17) is 0 Å². The molecule has 1 aromatic heterocycles. The number of carbonyl (C=O) groups excluding carboxylic acids is 1. The van der Waals surface area contributed by atoms with E-state index in [0.717, 1.165) is 11.0 Å². The highest BCUT2D eigenvalue weighted by molar-refractivity contribution is 5.98. The number of benzene rings is 1. The van der Waals surface area contributed by atoms with Gasteiger partial charge < -0.3 is 14.6 Å². The van der Waals surface area contributed by atoms with Gasteiger partial charge >= 0.3 is 5.97 Å². The molecular weight excluding hydrogens is 270 g/mol. The summed E-state index contributed by atoms with van der Waals surface area (Å²) in [4.78, 5) is 29.6. The number of fused-ring (bicyclic) bond motifs is 1. The first-order chi connectivity index (χ1) is 9.90. The highest BCUT2D eigenvalue weighted by Gasteiger charge is 2.42. The Bertz CT molecular complexity index is 737. The summed E-state index contributed by atoms with van der Waals surface area (Å²) >= 11 is 0. The zero-order valence-corrected chi connectivity index (χ0v) is 12.0. The van der Waals surface area contributed by atoms with Gasteiger partial charge in [-0.15, -0.1) is 0 Å². The lowest BCUT2D eigenvalue weighted by Gasteiger charge is -2.20. The fraction of sp³-hybridized carbons (Fsp3) is 0.400. The Morgan fingerprint density at radius 3 is 2.81 bits per heavy atom. The van der Waals surface area contributed by atoms with Gasteiger partial charge in [0.2, 0.25) is 0 Å². The van der Waals surface area contributed by atoms with Gasteiger partial charge in [0.1, 0.15) is 0 Å². The van der Waals surface area contributed by atoms with Gasteiger partial charge in [-0.2, -0.15) is 0 Å². The second-order valence-corrected chi connectivity index (χ2v) is 5.90. The van der Waals surface area contributed by atoms with Crippen LogP contribution in [-0.2, 0) is 11.8 Å². The molecule has 21 heavy (non-hydrogen) atoms. The van der Waals surface area contributed by atoms with E-state index < -0.39 is 11.4 Å². The van der Waals surface area contributed by atoms with Crippen LogP contribution in [0.3, 0.4) is 0 Å². The predicted octanol–water partition coefficient (Wildman–Crippen LogP) is 1.51. The lowest BCUT2D eigenvalue weighted by atomic mass is 9.90. The molecule has 2 aromatic rings. The second kappa shape index (κ2) is 4.58. The Morgan fingerprint density at radius 2 is 2.14 bits per heavy atom.